The van der Waals surface area contributed by atoms with Gasteiger partial charge in [-0.3, -0.25) is 0 Å². The van der Waals surface area contributed by atoms with Crippen LogP contribution >= 0.6 is 0 Å². The van der Waals surface area contributed by atoms with E-state index in [2.05, 4.69) is 5.32 Å². The molecule has 0 heterocycles. The first-order chi connectivity index (χ1) is 8.60. The highest BCUT2D eigenvalue weighted by Crippen LogP contribution is 2.32. The van der Waals surface area contributed by atoms with Crippen molar-refractivity contribution < 1.29 is 13.9 Å². The largest absolute Gasteiger partial charge is 0.467 e. The van der Waals surface area contributed by atoms with Crippen molar-refractivity contribution in [3.8, 4) is 0 Å². The lowest BCUT2D eigenvalue weighted by Crippen LogP contribution is -2.41. The molecule has 0 aliphatic heterocycles. The summed E-state index contributed by atoms with van der Waals surface area (Å²) in [6.45, 7) is 1.82. The molecule has 0 spiro atoms. The predicted octanol–water partition coefficient (Wildman–Crippen LogP) is 2.89. The molecular formula is C14H18FNO2. The Morgan fingerprint density at radius 1 is 1.44 bits per heavy atom. The molecule has 1 fully saturated rings. The molecule has 0 aromatic heterocycles. The molecule has 0 amide bonds. The number of benzene rings is 1. The third-order valence-corrected chi connectivity index (χ3v) is 3.44. The smallest absolute Gasteiger partial charge is 0.328 e. The second-order valence-electron chi connectivity index (χ2n) is 4.85. The number of aryl methyl sites for hydroxylation is 1. The van der Waals surface area contributed by atoms with Gasteiger partial charge < -0.3 is 10.1 Å². The van der Waals surface area contributed by atoms with Gasteiger partial charge in [0.2, 0.25) is 0 Å². The Balaban J connectivity index is 2.14. The van der Waals surface area contributed by atoms with Crippen LogP contribution in [0.4, 0.5) is 10.1 Å². The fourth-order valence-corrected chi connectivity index (χ4v) is 2.27. The molecule has 0 saturated heterocycles. The van der Waals surface area contributed by atoms with E-state index < -0.39 is 0 Å². The van der Waals surface area contributed by atoms with E-state index in [0.717, 1.165) is 24.8 Å². The monoisotopic (exact) mass is 251 g/mol. The molecule has 1 aromatic rings. The van der Waals surface area contributed by atoms with Gasteiger partial charge in [-0.25, -0.2) is 9.18 Å². The van der Waals surface area contributed by atoms with Gasteiger partial charge in [-0.2, -0.15) is 0 Å². The lowest BCUT2D eigenvalue weighted by molar-refractivity contribution is -0.143. The molecule has 1 saturated carbocycles. The topological polar surface area (TPSA) is 38.3 Å². The Morgan fingerprint density at radius 3 is 2.67 bits per heavy atom. The normalized spacial score (nSPS) is 16.8. The minimum Gasteiger partial charge on any atom is -0.467 e. The van der Waals surface area contributed by atoms with Gasteiger partial charge in [0.15, 0.2) is 0 Å². The summed E-state index contributed by atoms with van der Waals surface area (Å²) in [4.78, 5) is 11.7. The second kappa shape index (κ2) is 5.38. The van der Waals surface area contributed by atoms with Crippen LogP contribution in [0.5, 0.6) is 0 Å². The number of hydrogen-bond acceptors (Lipinski definition) is 3. The molecule has 1 aliphatic carbocycles. The van der Waals surface area contributed by atoms with Gasteiger partial charge in [0.25, 0.3) is 0 Å². The van der Waals surface area contributed by atoms with E-state index >= 15 is 0 Å². The maximum absolute atomic E-state index is 13.3. The van der Waals surface area contributed by atoms with Gasteiger partial charge >= 0.3 is 5.97 Å². The molecular weight excluding hydrogens is 233 g/mol. The highest BCUT2D eigenvalue weighted by Gasteiger charge is 2.33. The Bertz CT molecular complexity index is 423. The second-order valence-corrected chi connectivity index (χ2v) is 4.85. The van der Waals surface area contributed by atoms with Crippen molar-refractivity contribution >= 4 is 11.7 Å². The molecule has 3 nitrogen and oxygen atoms in total. The third kappa shape index (κ3) is 2.81. The maximum Gasteiger partial charge on any atom is 0.328 e. The number of hydrogen-bond donors (Lipinski definition) is 1. The van der Waals surface area contributed by atoms with Gasteiger partial charge in [0.1, 0.15) is 11.9 Å². The van der Waals surface area contributed by atoms with Crippen molar-refractivity contribution in [2.75, 3.05) is 12.4 Å². The highest BCUT2D eigenvalue weighted by atomic mass is 19.1. The lowest BCUT2D eigenvalue weighted by Gasteiger charge is -2.33. The zero-order valence-electron chi connectivity index (χ0n) is 10.7. The lowest BCUT2D eigenvalue weighted by atomic mass is 9.79. The van der Waals surface area contributed by atoms with E-state index in [-0.39, 0.29) is 17.8 Å². The first-order valence-electron chi connectivity index (χ1n) is 6.21. The minimum atomic E-state index is -0.370. The Labute approximate surface area is 106 Å². The summed E-state index contributed by atoms with van der Waals surface area (Å²) in [5.74, 6) is -0.280. The number of methoxy groups -OCH3 is 1. The van der Waals surface area contributed by atoms with Crippen LogP contribution in [0.3, 0.4) is 0 Å². The van der Waals surface area contributed by atoms with E-state index in [1.165, 1.54) is 19.2 Å². The number of carbonyl (C=O) groups excluding carboxylic acids is 1. The fourth-order valence-electron chi connectivity index (χ4n) is 2.27. The number of rotatable bonds is 4. The van der Waals surface area contributed by atoms with Crippen LogP contribution in [0.15, 0.2) is 18.2 Å². The van der Waals surface area contributed by atoms with E-state index in [9.17, 15) is 9.18 Å². The molecule has 4 heteroatoms. The maximum atomic E-state index is 13.3. The Hall–Kier alpha value is -1.58. The molecule has 18 heavy (non-hydrogen) atoms. The van der Waals surface area contributed by atoms with E-state index in [1.54, 1.807) is 0 Å². The van der Waals surface area contributed by atoms with E-state index in [4.69, 9.17) is 4.74 Å². The number of carbonyl (C=O) groups is 1. The first kappa shape index (κ1) is 12.9. The van der Waals surface area contributed by atoms with Crippen LogP contribution in [-0.2, 0) is 9.53 Å². The summed E-state index contributed by atoms with van der Waals surface area (Å²) in [5, 5.41) is 3.10. The number of ether oxygens (including phenoxy) is 1. The average molecular weight is 251 g/mol. The number of halogens is 1. The summed E-state index contributed by atoms with van der Waals surface area (Å²) >= 11 is 0. The van der Waals surface area contributed by atoms with Gasteiger partial charge in [0, 0.05) is 5.69 Å². The SMILES string of the molecule is COC(=O)C(Nc1cc(C)cc(F)c1)C1CCC1. The number of nitrogens with one attached hydrogen (secondary N) is 1. The standard InChI is InChI=1S/C14H18FNO2/c1-9-6-11(15)8-12(7-9)16-13(14(17)18-2)10-4-3-5-10/h6-8,10,13,16H,3-5H2,1-2H3. The molecule has 1 N–H and O–H groups in total. The molecule has 1 atom stereocenters. The molecule has 1 unspecified atom stereocenters. The van der Waals surface area contributed by atoms with Gasteiger partial charge in [0.05, 0.1) is 7.11 Å². The van der Waals surface area contributed by atoms with Crippen molar-refractivity contribution in [2.24, 2.45) is 5.92 Å². The zero-order valence-corrected chi connectivity index (χ0v) is 10.7. The number of esters is 1. The highest BCUT2D eigenvalue weighted by molar-refractivity contribution is 5.79. The Morgan fingerprint density at radius 2 is 2.17 bits per heavy atom. The molecule has 98 valence electrons. The van der Waals surface area contributed by atoms with Crippen molar-refractivity contribution in [1.29, 1.82) is 0 Å². The third-order valence-electron chi connectivity index (χ3n) is 3.44. The summed E-state index contributed by atoms with van der Waals surface area (Å²) < 4.78 is 18.1. The van der Waals surface area contributed by atoms with Crippen LogP contribution in [-0.4, -0.2) is 19.1 Å². The Kier molecular flexibility index (Phi) is 3.84. The van der Waals surface area contributed by atoms with Gasteiger partial charge in [-0.05, 0) is 49.4 Å². The fraction of sp³-hybridized carbons (Fsp3) is 0.500. The summed E-state index contributed by atoms with van der Waals surface area (Å²) in [6, 6.07) is 4.32. The molecule has 0 radical (unpaired) electrons. The van der Waals surface area contributed by atoms with Crippen molar-refractivity contribution in [3.63, 3.8) is 0 Å². The summed E-state index contributed by atoms with van der Waals surface area (Å²) in [6.07, 6.45) is 3.17. The predicted molar refractivity (Wildman–Crippen MR) is 67.9 cm³/mol. The van der Waals surface area contributed by atoms with E-state index in [0.29, 0.717) is 11.6 Å². The van der Waals surface area contributed by atoms with Crippen LogP contribution in [0.25, 0.3) is 0 Å². The zero-order chi connectivity index (χ0) is 13.1. The molecule has 2 rings (SSSR count). The summed E-state index contributed by atoms with van der Waals surface area (Å²) in [7, 11) is 1.38. The first-order valence-corrected chi connectivity index (χ1v) is 6.21. The van der Waals surface area contributed by atoms with Gasteiger partial charge in [-0.15, -0.1) is 0 Å². The van der Waals surface area contributed by atoms with Crippen LogP contribution in [0, 0.1) is 18.7 Å². The minimum absolute atomic E-state index is 0.276. The van der Waals surface area contributed by atoms with Gasteiger partial charge in [-0.1, -0.05) is 6.42 Å². The van der Waals surface area contributed by atoms with E-state index in [1.807, 2.05) is 13.0 Å². The van der Waals surface area contributed by atoms with Crippen LogP contribution in [0.1, 0.15) is 24.8 Å². The number of anilines is 1. The van der Waals surface area contributed by atoms with Crippen molar-refractivity contribution in [2.45, 2.75) is 32.2 Å². The van der Waals surface area contributed by atoms with Crippen molar-refractivity contribution in [3.05, 3.63) is 29.6 Å². The van der Waals surface area contributed by atoms with Crippen LogP contribution < -0.4 is 5.32 Å². The average Bonchev–Trinajstić information content (AvgIpc) is 2.23. The molecule has 1 aliphatic rings. The molecule has 0 bridgehead atoms. The quantitative estimate of drug-likeness (QED) is 0.836. The van der Waals surface area contributed by atoms with Crippen LogP contribution in [0.2, 0.25) is 0 Å². The summed E-state index contributed by atoms with van der Waals surface area (Å²) in [5.41, 5.74) is 1.46. The van der Waals surface area contributed by atoms with Crippen molar-refractivity contribution in [1.82, 2.24) is 0 Å². The molecule has 1 aromatic carbocycles.